The summed E-state index contributed by atoms with van der Waals surface area (Å²) < 4.78 is 0. The van der Waals surface area contributed by atoms with Gasteiger partial charge >= 0.3 is 0 Å². The number of hydrogen-bond acceptors (Lipinski definition) is 4. The van der Waals surface area contributed by atoms with E-state index >= 15 is 0 Å². The molecular weight excluding hydrogens is 240 g/mol. The van der Waals surface area contributed by atoms with E-state index in [-0.39, 0.29) is 11.8 Å². The molecule has 0 aliphatic rings. The second-order valence-electron chi connectivity index (χ2n) is 4.63. The van der Waals surface area contributed by atoms with E-state index in [4.69, 9.17) is 11.0 Å². The van der Waals surface area contributed by atoms with E-state index < -0.39 is 0 Å². The molecule has 2 N–H and O–H groups in total. The van der Waals surface area contributed by atoms with E-state index in [1.807, 2.05) is 19.1 Å². The second kappa shape index (κ2) is 8.22. The third-order valence-electron chi connectivity index (χ3n) is 2.87. The van der Waals surface area contributed by atoms with Crippen molar-refractivity contribution in [3.05, 3.63) is 30.1 Å². The van der Waals surface area contributed by atoms with Crippen LogP contribution in [0.2, 0.25) is 0 Å². The monoisotopic (exact) mass is 260 g/mol. The first-order valence-corrected chi connectivity index (χ1v) is 6.41. The van der Waals surface area contributed by atoms with Crippen LogP contribution in [0, 0.1) is 17.2 Å². The van der Waals surface area contributed by atoms with Crippen LogP contribution in [0.3, 0.4) is 0 Å². The number of carbonyl (C=O) groups excluding carboxylic acids is 1. The smallest absolute Gasteiger partial charge is 0.223 e. The first kappa shape index (κ1) is 15.1. The molecule has 1 unspecified atom stereocenters. The van der Waals surface area contributed by atoms with Crippen LogP contribution in [0.25, 0.3) is 0 Å². The number of aromatic nitrogens is 1. The Morgan fingerprint density at radius 1 is 1.63 bits per heavy atom. The number of rotatable bonds is 7. The van der Waals surface area contributed by atoms with E-state index in [1.165, 1.54) is 0 Å². The number of nitrogens with two attached hydrogens (primary N) is 1. The zero-order valence-corrected chi connectivity index (χ0v) is 11.2. The van der Waals surface area contributed by atoms with Crippen LogP contribution in [0.5, 0.6) is 0 Å². The minimum absolute atomic E-state index is 0.0389. The first-order valence-electron chi connectivity index (χ1n) is 6.41. The zero-order valence-electron chi connectivity index (χ0n) is 11.2. The van der Waals surface area contributed by atoms with E-state index in [1.54, 1.807) is 17.3 Å². The molecule has 1 amide bonds. The van der Waals surface area contributed by atoms with Gasteiger partial charge in [0.05, 0.1) is 12.5 Å². The number of nitrogens with zero attached hydrogens (tertiary/aromatic N) is 3. The molecular formula is C14H20N4O. The van der Waals surface area contributed by atoms with Gasteiger partial charge in [-0.1, -0.05) is 13.0 Å². The molecule has 1 aromatic heterocycles. The summed E-state index contributed by atoms with van der Waals surface area (Å²) in [4.78, 5) is 17.9. The molecule has 1 heterocycles. The van der Waals surface area contributed by atoms with E-state index in [0.717, 1.165) is 5.56 Å². The molecule has 0 aliphatic heterocycles. The molecule has 1 atom stereocenters. The minimum atomic E-state index is 0.0389. The number of hydrogen-bond donors (Lipinski definition) is 1. The molecule has 1 aromatic rings. The van der Waals surface area contributed by atoms with Gasteiger partial charge in [0.1, 0.15) is 0 Å². The van der Waals surface area contributed by atoms with Crippen molar-refractivity contribution in [1.29, 1.82) is 5.26 Å². The van der Waals surface area contributed by atoms with Crippen molar-refractivity contribution >= 4 is 5.91 Å². The molecule has 19 heavy (non-hydrogen) atoms. The molecule has 102 valence electrons. The van der Waals surface area contributed by atoms with E-state index in [2.05, 4.69) is 11.1 Å². The van der Waals surface area contributed by atoms with Gasteiger partial charge in [0.2, 0.25) is 5.91 Å². The maximum Gasteiger partial charge on any atom is 0.223 e. The lowest BCUT2D eigenvalue weighted by Crippen LogP contribution is -2.33. The largest absolute Gasteiger partial charge is 0.337 e. The van der Waals surface area contributed by atoms with Gasteiger partial charge in [0.25, 0.3) is 0 Å². The van der Waals surface area contributed by atoms with Crippen molar-refractivity contribution in [2.24, 2.45) is 11.7 Å². The second-order valence-corrected chi connectivity index (χ2v) is 4.63. The fourth-order valence-corrected chi connectivity index (χ4v) is 1.70. The average Bonchev–Trinajstić information content (AvgIpc) is 2.44. The molecule has 0 saturated heterocycles. The van der Waals surface area contributed by atoms with Gasteiger partial charge in [0.15, 0.2) is 0 Å². The molecule has 0 fully saturated rings. The Morgan fingerprint density at radius 2 is 2.42 bits per heavy atom. The molecule has 0 radical (unpaired) electrons. The number of amides is 1. The summed E-state index contributed by atoms with van der Waals surface area (Å²) in [6.45, 7) is 3.38. The Hall–Kier alpha value is -1.93. The summed E-state index contributed by atoms with van der Waals surface area (Å²) in [5.74, 6) is 0.197. The Bertz CT molecular complexity index is 427. The third kappa shape index (κ3) is 5.49. The van der Waals surface area contributed by atoms with Crippen LogP contribution in [0.4, 0.5) is 0 Å². The van der Waals surface area contributed by atoms with Gasteiger partial charge in [0, 0.05) is 31.9 Å². The zero-order chi connectivity index (χ0) is 14.1. The molecule has 0 aromatic carbocycles. The highest BCUT2D eigenvalue weighted by molar-refractivity contribution is 5.76. The molecule has 0 aliphatic carbocycles. The number of carbonyl (C=O) groups is 1. The fourth-order valence-electron chi connectivity index (χ4n) is 1.70. The van der Waals surface area contributed by atoms with Gasteiger partial charge in [-0.2, -0.15) is 5.26 Å². The third-order valence-corrected chi connectivity index (χ3v) is 2.87. The van der Waals surface area contributed by atoms with Crippen molar-refractivity contribution in [2.75, 3.05) is 13.1 Å². The summed E-state index contributed by atoms with van der Waals surface area (Å²) in [5, 5.41) is 8.67. The van der Waals surface area contributed by atoms with Crippen LogP contribution in [0.15, 0.2) is 24.5 Å². The van der Waals surface area contributed by atoms with E-state index in [0.29, 0.717) is 32.5 Å². The Morgan fingerprint density at radius 3 is 3.00 bits per heavy atom. The summed E-state index contributed by atoms with van der Waals surface area (Å²) in [7, 11) is 0. The summed E-state index contributed by atoms with van der Waals surface area (Å²) in [5.41, 5.74) is 6.51. The summed E-state index contributed by atoms with van der Waals surface area (Å²) in [6, 6.07) is 5.83. The molecule has 0 spiro atoms. The highest BCUT2D eigenvalue weighted by atomic mass is 16.2. The topological polar surface area (TPSA) is 83.0 Å². The number of pyridine rings is 1. The molecule has 1 rings (SSSR count). The maximum atomic E-state index is 12.2. The van der Waals surface area contributed by atoms with Crippen molar-refractivity contribution < 1.29 is 4.79 Å². The lowest BCUT2D eigenvalue weighted by Gasteiger charge is -2.23. The quantitative estimate of drug-likeness (QED) is 0.801. The summed E-state index contributed by atoms with van der Waals surface area (Å²) >= 11 is 0. The van der Waals surface area contributed by atoms with Crippen molar-refractivity contribution in [1.82, 2.24) is 9.88 Å². The van der Waals surface area contributed by atoms with Crippen molar-refractivity contribution in [3.63, 3.8) is 0 Å². The maximum absolute atomic E-state index is 12.2. The van der Waals surface area contributed by atoms with Crippen LogP contribution in [0.1, 0.15) is 25.3 Å². The van der Waals surface area contributed by atoms with Crippen LogP contribution < -0.4 is 5.73 Å². The predicted molar refractivity (Wildman–Crippen MR) is 72.7 cm³/mol. The molecule has 0 saturated carbocycles. The normalized spacial score (nSPS) is 11.6. The fraction of sp³-hybridized carbons (Fsp3) is 0.500. The highest BCUT2D eigenvalue weighted by Gasteiger charge is 2.16. The Labute approximate surface area is 114 Å². The van der Waals surface area contributed by atoms with E-state index in [9.17, 15) is 4.79 Å². The van der Waals surface area contributed by atoms with Gasteiger partial charge in [-0.3, -0.25) is 9.78 Å². The molecule has 5 heteroatoms. The van der Waals surface area contributed by atoms with Crippen LogP contribution in [-0.2, 0) is 11.3 Å². The van der Waals surface area contributed by atoms with Gasteiger partial charge in [-0.05, 0) is 24.1 Å². The summed E-state index contributed by atoms with van der Waals surface area (Å²) in [6.07, 6.45) is 4.19. The predicted octanol–water partition coefficient (Wildman–Crippen LogP) is 1.31. The highest BCUT2D eigenvalue weighted by Crippen LogP contribution is 2.09. The number of nitriles is 1. The van der Waals surface area contributed by atoms with Crippen LogP contribution in [-0.4, -0.2) is 28.9 Å². The standard InChI is InChI=1S/C14H20N4O/c1-12(9-16)8-14(19)18(7-3-5-15)11-13-4-2-6-17-10-13/h2,4,6,10,12H,3,7-9,11,16H2,1H3. The Balaban J connectivity index is 2.66. The van der Waals surface area contributed by atoms with Crippen molar-refractivity contribution in [3.8, 4) is 6.07 Å². The van der Waals surface area contributed by atoms with Gasteiger partial charge in [-0.15, -0.1) is 0 Å². The molecule has 5 nitrogen and oxygen atoms in total. The molecule has 0 bridgehead atoms. The lowest BCUT2D eigenvalue weighted by atomic mass is 10.1. The Kier molecular flexibility index (Phi) is 6.55. The first-order chi connectivity index (χ1) is 9.17. The van der Waals surface area contributed by atoms with Crippen LogP contribution >= 0.6 is 0 Å². The van der Waals surface area contributed by atoms with Gasteiger partial charge in [-0.25, -0.2) is 0 Å². The minimum Gasteiger partial charge on any atom is -0.337 e. The average molecular weight is 260 g/mol. The lowest BCUT2D eigenvalue weighted by molar-refractivity contribution is -0.132. The van der Waals surface area contributed by atoms with Gasteiger partial charge < -0.3 is 10.6 Å². The SMILES string of the molecule is CC(CN)CC(=O)N(CCC#N)Cc1cccnc1. The van der Waals surface area contributed by atoms with Crippen molar-refractivity contribution in [2.45, 2.75) is 26.3 Å².